The number of nitrogens with zero attached hydrogens (tertiary/aromatic N) is 3. The van der Waals surface area contributed by atoms with Crippen LogP contribution in [0.25, 0.3) is 0 Å². The number of nitrogen functional groups attached to an aromatic ring is 1. The van der Waals surface area contributed by atoms with Gasteiger partial charge >= 0.3 is 6.09 Å². The molecule has 2 heterocycles. The minimum Gasteiger partial charge on any atom is -0.444 e. The van der Waals surface area contributed by atoms with Gasteiger partial charge < -0.3 is 15.8 Å². The van der Waals surface area contributed by atoms with Crippen molar-refractivity contribution in [1.29, 1.82) is 0 Å². The van der Waals surface area contributed by atoms with Crippen LogP contribution in [0.3, 0.4) is 0 Å². The Bertz CT molecular complexity index is 1090. The lowest BCUT2D eigenvalue weighted by molar-refractivity contribution is 0.0337. The Balaban J connectivity index is 1.70. The molecule has 0 unspecified atom stereocenters. The summed E-state index contributed by atoms with van der Waals surface area (Å²) in [5, 5.41) is 2.35. The molecule has 4 N–H and O–H groups in total. The van der Waals surface area contributed by atoms with Gasteiger partial charge in [-0.05, 0) is 45.4 Å². The zero-order valence-corrected chi connectivity index (χ0v) is 20.9. The molecule has 1 aromatic carbocycles. The van der Waals surface area contributed by atoms with Crippen molar-refractivity contribution in [3.8, 4) is 0 Å². The fourth-order valence-corrected chi connectivity index (χ4v) is 3.97. The number of alkyl carbamates (subject to hydrolysis) is 1. The average Bonchev–Trinajstić information content (AvgIpc) is 2.70. The number of carbonyl (C=O) groups excluding carboxylic acids is 1. The number of rotatable bonds is 6. The number of fused-ring (bicyclic) bond motifs is 1. The van der Waals surface area contributed by atoms with Crippen molar-refractivity contribution < 1.29 is 23.1 Å². The maximum atomic E-state index is 14.3. The van der Waals surface area contributed by atoms with Gasteiger partial charge in [0, 0.05) is 10.9 Å². The molecule has 0 aliphatic carbocycles. The van der Waals surface area contributed by atoms with Crippen LogP contribution in [0.5, 0.6) is 0 Å². The largest absolute Gasteiger partial charge is 0.444 e. The maximum Gasteiger partial charge on any atom is 0.407 e. The van der Waals surface area contributed by atoms with Gasteiger partial charge in [0.15, 0.2) is 5.84 Å². The number of anilines is 1. The third-order valence-corrected chi connectivity index (χ3v) is 5.40. The second kappa shape index (κ2) is 10.6. The zero-order valence-electron chi connectivity index (χ0n) is 19.3. The third kappa shape index (κ3) is 6.83. The number of benzene rings is 1. The Hall–Kier alpha value is -2.86. The van der Waals surface area contributed by atoms with Crippen LogP contribution in [-0.4, -0.2) is 46.8 Å². The van der Waals surface area contributed by atoms with Gasteiger partial charge in [-0.25, -0.2) is 29.0 Å². The van der Waals surface area contributed by atoms with E-state index < -0.39 is 23.9 Å². The van der Waals surface area contributed by atoms with E-state index in [4.69, 9.17) is 15.3 Å². The highest BCUT2D eigenvalue weighted by Gasteiger charge is 2.28. The van der Waals surface area contributed by atoms with Gasteiger partial charge in [-0.2, -0.15) is 0 Å². The molecule has 1 aliphatic rings. The lowest BCUT2D eigenvalue weighted by Crippen LogP contribution is -2.38. The molecular weight excluding hydrogens is 514 g/mol. The zero-order chi connectivity index (χ0) is 25.0. The summed E-state index contributed by atoms with van der Waals surface area (Å²) in [4.78, 5) is 30.2. The van der Waals surface area contributed by atoms with E-state index in [1.807, 2.05) is 0 Å². The smallest absolute Gasteiger partial charge is 0.407 e. The van der Waals surface area contributed by atoms with E-state index in [1.54, 1.807) is 33.8 Å². The van der Waals surface area contributed by atoms with Crippen LogP contribution in [0.15, 0.2) is 27.7 Å². The van der Waals surface area contributed by atoms with Crippen molar-refractivity contribution in [3.05, 3.63) is 51.0 Å². The van der Waals surface area contributed by atoms with E-state index in [0.29, 0.717) is 33.7 Å². The number of hydroxylamine groups is 1. The fraction of sp³-hybridized carbons (Fsp3) is 0.455. The number of hydrogen-bond acceptors (Lipinski definition) is 8. The number of ether oxygens (including phenoxy) is 1. The Kier molecular flexibility index (Phi) is 8.03. The van der Waals surface area contributed by atoms with Crippen molar-refractivity contribution in [1.82, 2.24) is 20.8 Å². The van der Waals surface area contributed by atoms with Gasteiger partial charge in [0.2, 0.25) is 5.95 Å². The lowest BCUT2D eigenvalue weighted by Gasteiger charge is -2.25. The molecule has 184 valence electrons. The lowest BCUT2D eigenvalue weighted by atomic mass is 9.95. The number of carbonyl (C=O) groups is 1. The first-order valence-corrected chi connectivity index (χ1v) is 11.4. The molecule has 9 nitrogen and oxygen atoms in total. The molecule has 0 spiro atoms. The van der Waals surface area contributed by atoms with Crippen molar-refractivity contribution in [2.24, 2.45) is 4.99 Å². The first-order chi connectivity index (χ1) is 15.9. The van der Waals surface area contributed by atoms with Gasteiger partial charge in [0.25, 0.3) is 0 Å². The summed E-state index contributed by atoms with van der Waals surface area (Å²) in [5.74, 6) is 0.0357. The van der Waals surface area contributed by atoms with Gasteiger partial charge in [0.1, 0.15) is 24.2 Å². The molecule has 2 aromatic rings. The number of aryl methyl sites for hydroxylation is 1. The highest BCUT2D eigenvalue weighted by molar-refractivity contribution is 9.10. The second-order valence-electron chi connectivity index (χ2n) is 8.75. The molecule has 12 heteroatoms. The normalized spacial score (nSPS) is 16.3. The molecule has 1 aromatic heterocycles. The second-order valence-corrected chi connectivity index (χ2v) is 9.60. The van der Waals surface area contributed by atoms with Gasteiger partial charge in [-0.3, -0.25) is 9.83 Å². The topological polar surface area (TPSA) is 124 Å². The fourth-order valence-electron chi connectivity index (χ4n) is 3.36. The summed E-state index contributed by atoms with van der Waals surface area (Å²) in [6.07, 6.45) is -1.81. The third-order valence-electron chi connectivity index (χ3n) is 4.71. The number of amides is 1. The van der Waals surface area contributed by atoms with E-state index in [1.165, 1.54) is 12.1 Å². The number of nitrogens with one attached hydrogen (secondary N) is 2. The summed E-state index contributed by atoms with van der Waals surface area (Å²) in [6.45, 7) is 6.24. The molecule has 1 amide bonds. The van der Waals surface area contributed by atoms with E-state index in [0.717, 1.165) is 5.56 Å². The quantitative estimate of drug-likeness (QED) is 0.477. The number of aliphatic imine (C=N–C) groups is 1. The predicted octanol–water partition coefficient (Wildman–Crippen LogP) is 3.70. The Morgan fingerprint density at radius 2 is 2.09 bits per heavy atom. The Labute approximate surface area is 204 Å². The number of aromatic nitrogens is 2. The van der Waals surface area contributed by atoms with Gasteiger partial charge in [-0.15, -0.1) is 0 Å². The number of amidine groups is 1. The molecule has 1 aliphatic heterocycles. The molecule has 0 saturated carbocycles. The van der Waals surface area contributed by atoms with Crippen molar-refractivity contribution in [3.63, 3.8) is 0 Å². The summed E-state index contributed by atoms with van der Waals surface area (Å²) >= 11 is 3.38. The molecule has 34 heavy (non-hydrogen) atoms. The summed E-state index contributed by atoms with van der Waals surface area (Å²) < 4.78 is 33.5. The first kappa shape index (κ1) is 25.8. The molecule has 0 saturated heterocycles. The van der Waals surface area contributed by atoms with Crippen LogP contribution >= 0.6 is 15.9 Å². The molecule has 0 bridgehead atoms. The van der Waals surface area contributed by atoms with Crippen molar-refractivity contribution >= 4 is 33.8 Å². The molecule has 0 fully saturated rings. The monoisotopic (exact) mass is 540 g/mol. The average molecular weight is 541 g/mol. The van der Waals surface area contributed by atoms with Crippen LogP contribution in [0.4, 0.5) is 19.5 Å². The minimum atomic E-state index is -1.51. The predicted molar refractivity (Wildman–Crippen MR) is 126 cm³/mol. The van der Waals surface area contributed by atoms with Gasteiger partial charge in [-0.1, -0.05) is 22.0 Å². The van der Waals surface area contributed by atoms with Crippen LogP contribution in [-0.2, 0) is 16.0 Å². The standard InChI is InChI=1S/C22H27BrF2N6O3/c1-11-18-17(30-20(26)28-11)8-16(14-6-5-12(24)7-15(14)23)29-19(18)31-33-10-13(25)9-27-21(32)34-22(2,3)4/h5-7,13,16H,8-10H2,1-4H3,(H,27,32)(H,29,31)(H2,26,28,30)/t13-,16+/m0/s1. The molecule has 2 atom stereocenters. The minimum absolute atomic E-state index is 0.118. The van der Waals surface area contributed by atoms with Crippen LogP contribution in [0.1, 0.15) is 49.3 Å². The van der Waals surface area contributed by atoms with Crippen molar-refractivity contribution in [2.45, 2.75) is 51.9 Å². The number of nitrogens with two attached hydrogens (primary N) is 1. The number of hydrogen-bond donors (Lipinski definition) is 3. The summed E-state index contributed by atoms with van der Waals surface area (Å²) in [5.41, 5.74) is 10.4. The Morgan fingerprint density at radius 1 is 1.35 bits per heavy atom. The highest BCUT2D eigenvalue weighted by Crippen LogP contribution is 2.34. The summed E-state index contributed by atoms with van der Waals surface area (Å²) in [6, 6.07) is 3.92. The first-order valence-electron chi connectivity index (χ1n) is 10.6. The maximum absolute atomic E-state index is 14.3. The summed E-state index contributed by atoms with van der Waals surface area (Å²) in [7, 11) is 0. The van der Waals surface area contributed by atoms with E-state index in [-0.39, 0.29) is 24.9 Å². The molecular formula is C22H27BrF2N6O3. The van der Waals surface area contributed by atoms with E-state index >= 15 is 0 Å². The SMILES string of the molecule is Cc1nc(N)nc2c1C(NOC[C@@H](F)CNC(=O)OC(C)(C)C)=N[C@@H](c1ccc(F)cc1Br)C2. The van der Waals surface area contributed by atoms with Crippen LogP contribution in [0, 0.1) is 12.7 Å². The molecule has 3 rings (SSSR count). The number of halogens is 3. The van der Waals surface area contributed by atoms with E-state index in [2.05, 4.69) is 41.7 Å². The van der Waals surface area contributed by atoms with Crippen LogP contribution < -0.4 is 16.5 Å². The molecule has 0 radical (unpaired) electrons. The van der Waals surface area contributed by atoms with Gasteiger partial charge in [0.05, 0.1) is 29.5 Å². The van der Waals surface area contributed by atoms with Crippen LogP contribution in [0.2, 0.25) is 0 Å². The number of alkyl halides is 1. The highest BCUT2D eigenvalue weighted by atomic mass is 79.9. The van der Waals surface area contributed by atoms with Crippen molar-refractivity contribution in [2.75, 3.05) is 18.9 Å². The Morgan fingerprint density at radius 3 is 2.76 bits per heavy atom. The van der Waals surface area contributed by atoms with E-state index in [9.17, 15) is 13.6 Å².